The van der Waals surface area contributed by atoms with Crippen LogP contribution in [0.5, 0.6) is 5.75 Å². The molecule has 21 heavy (non-hydrogen) atoms. The molecule has 1 amide bonds. The summed E-state index contributed by atoms with van der Waals surface area (Å²) in [5.74, 6) is 1.14. The second-order valence-corrected chi connectivity index (χ2v) is 5.38. The fourth-order valence-electron chi connectivity index (χ4n) is 2.71. The van der Waals surface area contributed by atoms with Gasteiger partial charge in [0.2, 0.25) is 0 Å². The van der Waals surface area contributed by atoms with E-state index in [4.69, 9.17) is 10.5 Å². The number of nitrogens with one attached hydrogen (secondary N) is 1. The highest BCUT2D eigenvalue weighted by molar-refractivity contribution is 5.94. The van der Waals surface area contributed by atoms with Gasteiger partial charge < -0.3 is 15.8 Å². The second-order valence-electron chi connectivity index (χ2n) is 5.38. The molecule has 2 atom stereocenters. The Morgan fingerprint density at radius 2 is 2.24 bits per heavy atom. The van der Waals surface area contributed by atoms with Crippen molar-refractivity contribution in [2.75, 3.05) is 13.2 Å². The quantitative estimate of drug-likeness (QED) is 0.849. The van der Waals surface area contributed by atoms with E-state index >= 15 is 0 Å². The van der Waals surface area contributed by atoms with Gasteiger partial charge in [-0.25, -0.2) is 0 Å². The Bertz CT molecular complexity index is 454. The summed E-state index contributed by atoms with van der Waals surface area (Å²) in [6.07, 6.45) is 4.24. The average Bonchev–Trinajstić information content (AvgIpc) is 2.92. The minimum Gasteiger partial charge on any atom is -0.494 e. The van der Waals surface area contributed by atoms with Crippen molar-refractivity contribution in [1.29, 1.82) is 0 Å². The van der Waals surface area contributed by atoms with Gasteiger partial charge in [-0.15, -0.1) is 12.4 Å². The van der Waals surface area contributed by atoms with Gasteiger partial charge in [0, 0.05) is 11.6 Å². The molecule has 0 bridgehead atoms. The van der Waals surface area contributed by atoms with E-state index in [1.54, 1.807) is 6.07 Å². The van der Waals surface area contributed by atoms with Gasteiger partial charge in [0.1, 0.15) is 5.75 Å². The molecule has 0 saturated heterocycles. The first-order valence-electron chi connectivity index (χ1n) is 7.48. The van der Waals surface area contributed by atoms with Crippen LogP contribution in [0, 0.1) is 5.92 Å². The lowest BCUT2D eigenvalue weighted by molar-refractivity contribution is 0.0928. The van der Waals surface area contributed by atoms with E-state index in [0.717, 1.165) is 31.4 Å². The first kappa shape index (κ1) is 17.8. The lowest BCUT2D eigenvalue weighted by Crippen LogP contribution is -2.39. The summed E-state index contributed by atoms with van der Waals surface area (Å²) in [4.78, 5) is 12.3. The minimum atomic E-state index is -0.0303. The summed E-state index contributed by atoms with van der Waals surface area (Å²) in [6, 6.07) is 7.57. The van der Waals surface area contributed by atoms with Crippen molar-refractivity contribution in [3.63, 3.8) is 0 Å². The number of nitrogens with two attached hydrogens (primary N) is 1. The number of benzene rings is 1. The van der Waals surface area contributed by atoms with E-state index in [1.165, 1.54) is 0 Å². The predicted molar refractivity (Wildman–Crippen MR) is 87.1 cm³/mol. The molecule has 4 nitrogen and oxygen atoms in total. The maximum atomic E-state index is 12.3. The fourth-order valence-corrected chi connectivity index (χ4v) is 2.71. The van der Waals surface area contributed by atoms with Gasteiger partial charge in [0.05, 0.1) is 6.61 Å². The fraction of sp³-hybridized carbons (Fsp3) is 0.562. The maximum Gasteiger partial charge on any atom is 0.251 e. The van der Waals surface area contributed by atoms with Crippen molar-refractivity contribution in [2.45, 2.75) is 38.6 Å². The minimum absolute atomic E-state index is 0. The molecule has 0 aliphatic heterocycles. The van der Waals surface area contributed by atoms with Crippen molar-refractivity contribution < 1.29 is 9.53 Å². The maximum absolute atomic E-state index is 12.3. The van der Waals surface area contributed by atoms with Crippen molar-refractivity contribution in [2.24, 2.45) is 11.7 Å². The molecule has 0 spiro atoms. The van der Waals surface area contributed by atoms with E-state index in [0.29, 0.717) is 24.6 Å². The summed E-state index contributed by atoms with van der Waals surface area (Å²) in [7, 11) is 0. The molecular weight excluding hydrogens is 288 g/mol. The smallest absolute Gasteiger partial charge is 0.251 e. The van der Waals surface area contributed by atoms with Crippen LogP contribution in [0.3, 0.4) is 0 Å². The number of halogens is 1. The van der Waals surface area contributed by atoms with Gasteiger partial charge >= 0.3 is 0 Å². The molecule has 2 rings (SSSR count). The Labute approximate surface area is 132 Å². The molecule has 0 heterocycles. The third-order valence-electron chi connectivity index (χ3n) is 3.85. The third-order valence-corrected chi connectivity index (χ3v) is 3.85. The zero-order valence-electron chi connectivity index (χ0n) is 12.5. The summed E-state index contributed by atoms with van der Waals surface area (Å²) in [6.45, 7) is 3.37. The van der Waals surface area contributed by atoms with E-state index in [-0.39, 0.29) is 24.4 Å². The molecule has 118 valence electrons. The zero-order valence-corrected chi connectivity index (χ0v) is 13.3. The van der Waals surface area contributed by atoms with Crippen molar-refractivity contribution in [1.82, 2.24) is 5.32 Å². The van der Waals surface area contributed by atoms with Crippen LogP contribution in [0.4, 0.5) is 0 Å². The van der Waals surface area contributed by atoms with Gasteiger partial charge in [0.25, 0.3) is 5.91 Å². The van der Waals surface area contributed by atoms with Crippen LogP contribution in [0.1, 0.15) is 43.0 Å². The van der Waals surface area contributed by atoms with Gasteiger partial charge in [-0.1, -0.05) is 19.4 Å². The lowest BCUT2D eigenvalue weighted by Gasteiger charge is -2.19. The van der Waals surface area contributed by atoms with E-state index in [2.05, 4.69) is 12.2 Å². The average molecular weight is 313 g/mol. The van der Waals surface area contributed by atoms with Crippen LogP contribution in [-0.2, 0) is 0 Å². The molecule has 2 unspecified atom stereocenters. The standard InChI is InChI=1S/C16H24N2O2.ClH/c1-2-9-20-14-7-3-5-12(10-14)16(19)18-15-8-4-6-13(15)11-17;/h3,5,7,10,13,15H,2,4,6,8-9,11,17H2,1H3,(H,18,19);1H. The lowest BCUT2D eigenvalue weighted by atomic mass is 10.0. The first-order valence-corrected chi connectivity index (χ1v) is 7.48. The Morgan fingerprint density at radius 3 is 2.95 bits per heavy atom. The number of hydrogen-bond acceptors (Lipinski definition) is 3. The number of amides is 1. The molecule has 1 aromatic rings. The van der Waals surface area contributed by atoms with Crippen LogP contribution in [0.25, 0.3) is 0 Å². The third kappa shape index (κ3) is 4.90. The molecular formula is C16H25ClN2O2. The molecule has 1 aliphatic rings. The summed E-state index contributed by atoms with van der Waals surface area (Å²) in [5.41, 5.74) is 6.40. The van der Waals surface area contributed by atoms with Gasteiger partial charge in [-0.2, -0.15) is 0 Å². The summed E-state index contributed by atoms with van der Waals surface area (Å²) >= 11 is 0. The van der Waals surface area contributed by atoms with Crippen LogP contribution in [-0.4, -0.2) is 25.1 Å². The highest BCUT2D eigenvalue weighted by Crippen LogP contribution is 2.25. The highest BCUT2D eigenvalue weighted by Gasteiger charge is 2.27. The first-order chi connectivity index (χ1) is 9.74. The van der Waals surface area contributed by atoms with E-state index in [9.17, 15) is 4.79 Å². The van der Waals surface area contributed by atoms with Crippen LogP contribution >= 0.6 is 12.4 Å². The second kappa shape index (κ2) is 8.90. The molecule has 0 radical (unpaired) electrons. The van der Waals surface area contributed by atoms with Crippen molar-refractivity contribution >= 4 is 18.3 Å². The van der Waals surface area contributed by atoms with Crippen LogP contribution < -0.4 is 15.8 Å². The Hall–Kier alpha value is -1.26. The summed E-state index contributed by atoms with van der Waals surface area (Å²) in [5, 5.41) is 3.10. The monoisotopic (exact) mass is 312 g/mol. The molecule has 1 aliphatic carbocycles. The highest BCUT2D eigenvalue weighted by atomic mass is 35.5. The zero-order chi connectivity index (χ0) is 14.4. The van der Waals surface area contributed by atoms with Gasteiger partial charge in [0.15, 0.2) is 0 Å². The predicted octanol–water partition coefficient (Wildman–Crippen LogP) is 2.75. The Morgan fingerprint density at radius 1 is 1.43 bits per heavy atom. The molecule has 0 aromatic heterocycles. The Balaban J connectivity index is 0.00000220. The Kier molecular flexibility index (Phi) is 7.54. The summed E-state index contributed by atoms with van der Waals surface area (Å²) < 4.78 is 5.56. The van der Waals surface area contributed by atoms with Crippen LogP contribution in [0.15, 0.2) is 24.3 Å². The normalized spacial score (nSPS) is 20.7. The van der Waals surface area contributed by atoms with E-state index < -0.39 is 0 Å². The molecule has 1 fully saturated rings. The van der Waals surface area contributed by atoms with Gasteiger partial charge in [-0.05, 0) is 49.9 Å². The number of ether oxygens (including phenoxy) is 1. The SMILES string of the molecule is CCCOc1cccc(C(=O)NC2CCCC2CN)c1.Cl. The molecule has 1 aromatic carbocycles. The van der Waals surface area contributed by atoms with Crippen molar-refractivity contribution in [3.8, 4) is 5.75 Å². The number of rotatable bonds is 6. The van der Waals surface area contributed by atoms with Gasteiger partial charge in [-0.3, -0.25) is 4.79 Å². The van der Waals surface area contributed by atoms with Crippen molar-refractivity contribution in [3.05, 3.63) is 29.8 Å². The molecule has 5 heteroatoms. The molecule has 1 saturated carbocycles. The largest absolute Gasteiger partial charge is 0.494 e. The number of hydrogen-bond donors (Lipinski definition) is 2. The molecule has 3 N–H and O–H groups in total. The van der Waals surface area contributed by atoms with E-state index in [1.807, 2.05) is 18.2 Å². The number of carbonyl (C=O) groups is 1. The number of carbonyl (C=O) groups excluding carboxylic acids is 1. The topological polar surface area (TPSA) is 64.3 Å². The van der Waals surface area contributed by atoms with Crippen LogP contribution in [0.2, 0.25) is 0 Å².